The first-order chi connectivity index (χ1) is 9.75. The van der Waals surface area contributed by atoms with E-state index in [1.54, 1.807) is 11.1 Å². The molecule has 2 saturated heterocycles. The quantitative estimate of drug-likeness (QED) is 0.642. The van der Waals surface area contributed by atoms with E-state index in [4.69, 9.17) is 0 Å². The molecule has 1 aromatic carbocycles. The van der Waals surface area contributed by atoms with Gasteiger partial charge in [-0.05, 0) is 72.0 Å². The summed E-state index contributed by atoms with van der Waals surface area (Å²) in [6.07, 6.45) is 2.75. The van der Waals surface area contributed by atoms with E-state index in [2.05, 4.69) is 73.0 Å². The maximum atomic E-state index is 2.54. The molecule has 2 fully saturated rings. The Morgan fingerprint density at radius 3 is 1.50 bits per heavy atom. The Bertz CT molecular complexity index is 421. The number of benzene rings is 1. The van der Waals surface area contributed by atoms with Crippen LogP contribution in [0, 0.1) is 13.8 Å². The van der Waals surface area contributed by atoms with Crippen molar-refractivity contribution in [2.24, 2.45) is 0 Å². The van der Waals surface area contributed by atoms with Crippen LogP contribution in [-0.4, -0.2) is 23.0 Å². The third-order valence-electron chi connectivity index (χ3n) is 3.82. The Morgan fingerprint density at radius 1 is 0.700 bits per heavy atom. The Hall–Kier alpha value is 0.620. The molecule has 0 atom stereocenters. The van der Waals surface area contributed by atoms with Gasteiger partial charge in [0, 0.05) is 0 Å². The number of hydrogen-bond acceptors (Lipinski definition) is 4. The van der Waals surface area contributed by atoms with E-state index >= 15 is 0 Å². The molecule has 3 rings (SSSR count). The average molecular weight is 343 g/mol. The van der Waals surface area contributed by atoms with Crippen LogP contribution in [0.15, 0.2) is 12.1 Å². The van der Waals surface area contributed by atoms with Crippen LogP contribution in [0.5, 0.6) is 0 Å². The smallest absolute Gasteiger partial charge is 0.0753 e. The summed E-state index contributed by atoms with van der Waals surface area (Å²) in [5, 5.41) is 0. The van der Waals surface area contributed by atoms with Gasteiger partial charge in [0.1, 0.15) is 0 Å². The molecule has 20 heavy (non-hydrogen) atoms. The third kappa shape index (κ3) is 3.50. The minimum Gasteiger partial charge on any atom is -0.143 e. The number of hydrogen-bond donors (Lipinski definition) is 0. The molecule has 110 valence electrons. The fourth-order valence-corrected chi connectivity index (χ4v) is 8.85. The van der Waals surface area contributed by atoms with E-state index in [0.717, 1.165) is 0 Å². The molecule has 0 aliphatic carbocycles. The summed E-state index contributed by atoms with van der Waals surface area (Å²) in [5.41, 5.74) is 6.16. The Labute approximate surface area is 140 Å². The van der Waals surface area contributed by atoms with Crippen molar-refractivity contribution in [3.63, 3.8) is 0 Å². The molecular weight excluding hydrogens is 320 g/mol. The maximum absolute atomic E-state index is 2.54. The molecule has 2 heterocycles. The van der Waals surface area contributed by atoms with Gasteiger partial charge >= 0.3 is 0 Å². The van der Waals surface area contributed by atoms with E-state index in [1.165, 1.54) is 47.0 Å². The molecule has 2 aliphatic rings. The molecule has 4 heteroatoms. The molecule has 1 aromatic rings. The molecule has 0 bridgehead atoms. The lowest BCUT2D eigenvalue weighted by Crippen LogP contribution is -2.06. The van der Waals surface area contributed by atoms with Crippen LogP contribution in [0.25, 0.3) is 0 Å². The van der Waals surface area contributed by atoms with Crippen molar-refractivity contribution in [3.05, 3.63) is 34.4 Å². The average Bonchev–Trinajstić information content (AvgIpc) is 2.49. The zero-order valence-electron chi connectivity index (χ0n) is 12.2. The summed E-state index contributed by atoms with van der Waals surface area (Å²) < 4.78 is 1.34. The maximum Gasteiger partial charge on any atom is 0.0753 e. The van der Waals surface area contributed by atoms with Gasteiger partial charge in [0.05, 0.1) is 9.16 Å². The first-order valence-electron chi connectivity index (χ1n) is 7.33. The molecule has 0 aromatic heterocycles. The van der Waals surface area contributed by atoms with Crippen molar-refractivity contribution in [3.8, 4) is 0 Å². The highest BCUT2D eigenvalue weighted by Crippen LogP contribution is 2.49. The van der Waals surface area contributed by atoms with E-state index in [0.29, 0.717) is 9.16 Å². The Kier molecular flexibility index (Phi) is 5.63. The van der Waals surface area contributed by atoms with Crippen molar-refractivity contribution < 1.29 is 0 Å². The van der Waals surface area contributed by atoms with Gasteiger partial charge in [-0.15, -0.1) is 47.0 Å². The van der Waals surface area contributed by atoms with Crippen molar-refractivity contribution in [1.82, 2.24) is 0 Å². The van der Waals surface area contributed by atoms with Crippen LogP contribution in [0.3, 0.4) is 0 Å². The molecule has 0 saturated carbocycles. The summed E-state index contributed by atoms with van der Waals surface area (Å²) in [5.74, 6) is 5.31. The van der Waals surface area contributed by atoms with Gasteiger partial charge < -0.3 is 0 Å². The zero-order chi connectivity index (χ0) is 13.9. The highest BCUT2D eigenvalue weighted by atomic mass is 32.2. The highest BCUT2D eigenvalue weighted by molar-refractivity contribution is 8.17. The summed E-state index contributed by atoms with van der Waals surface area (Å²) >= 11 is 8.56. The van der Waals surface area contributed by atoms with Crippen molar-refractivity contribution in [1.29, 1.82) is 0 Å². The predicted octanol–water partition coefficient (Wildman–Crippen LogP) is 6.04. The molecule has 0 spiro atoms. The SMILES string of the molecule is Cc1cc(C)c(C2SCCCS2)cc1C1SCCCS1. The normalized spacial score (nSPS) is 22.1. The van der Waals surface area contributed by atoms with E-state index in [-0.39, 0.29) is 0 Å². The number of rotatable bonds is 2. The largest absolute Gasteiger partial charge is 0.143 e. The lowest BCUT2D eigenvalue weighted by Gasteiger charge is -2.27. The summed E-state index contributed by atoms with van der Waals surface area (Å²) in [6, 6.07) is 4.97. The third-order valence-corrected chi connectivity index (χ3v) is 9.77. The van der Waals surface area contributed by atoms with Crippen molar-refractivity contribution in [2.75, 3.05) is 23.0 Å². The van der Waals surface area contributed by atoms with Crippen molar-refractivity contribution in [2.45, 2.75) is 35.9 Å². The van der Waals surface area contributed by atoms with E-state index < -0.39 is 0 Å². The first kappa shape index (κ1) is 15.5. The van der Waals surface area contributed by atoms with Gasteiger partial charge in [-0.2, -0.15) is 0 Å². The van der Waals surface area contributed by atoms with Gasteiger partial charge in [0.15, 0.2) is 0 Å². The molecule has 0 nitrogen and oxygen atoms in total. The fourth-order valence-electron chi connectivity index (χ4n) is 2.73. The molecule has 0 unspecified atom stereocenters. The minimum absolute atomic E-state index is 0.668. The Morgan fingerprint density at radius 2 is 1.10 bits per heavy atom. The second-order valence-electron chi connectivity index (χ2n) is 5.42. The lowest BCUT2D eigenvalue weighted by molar-refractivity contribution is 1.08. The number of thioether (sulfide) groups is 4. The van der Waals surface area contributed by atoms with Crippen LogP contribution < -0.4 is 0 Å². The molecule has 0 N–H and O–H groups in total. The summed E-state index contributed by atoms with van der Waals surface area (Å²) in [7, 11) is 0. The van der Waals surface area contributed by atoms with Gasteiger partial charge in [-0.3, -0.25) is 0 Å². The summed E-state index contributed by atoms with van der Waals surface area (Å²) in [4.78, 5) is 0. The van der Waals surface area contributed by atoms with Gasteiger partial charge in [0.25, 0.3) is 0 Å². The zero-order valence-corrected chi connectivity index (χ0v) is 15.5. The second kappa shape index (κ2) is 7.26. The highest BCUT2D eigenvalue weighted by Gasteiger charge is 2.23. The predicted molar refractivity (Wildman–Crippen MR) is 100 cm³/mol. The van der Waals surface area contributed by atoms with Gasteiger partial charge in [-0.1, -0.05) is 12.1 Å². The molecular formula is C16H22S4. The molecule has 2 aliphatic heterocycles. The minimum atomic E-state index is 0.668. The van der Waals surface area contributed by atoms with Crippen LogP contribution >= 0.6 is 47.0 Å². The first-order valence-corrected chi connectivity index (χ1v) is 11.5. The van der Waals surface area contributed by atoms with Crippen LogP contribution in [-0.2, 0) is 0 Å². The van der Waals surface area contributed by atoms with Crippen molar-refractivity contribution >= 4 is 47.0 Å². The standard InChI is InChI=1S/C16H22S4/c1-11-9-12(2)14(16-19-7-4-8-20-16)10-13(11)15-17-5-3-6-18-15/h9-10,15-16H,3-8H2,1-2H3. The van der Waals surface area contributed by atoms with Crippen LogP contribution in [0.1, 0.15) is 44.3 Å². The van der Waals surface area contributed by atoms with Gasteiger partial charge in [0.2, 0.25) is 0 Å². The number of aryl methyl sites for hydroxylation is 2. The monoisotopic (exact) mass is 342 g/mol. The Balaban J connectivity index is 1.89. The van der Waals surface area contributed by atoms with Gasteiger partial charge in [-0.25, -0.2) is 0 Å². The molecule has 0 amide bonds. The fraction of sp³-hybridized carbons (Fsp3) is 0.625. The topological polar surface area (TPSA) is 0 Å². The molecule has 0 radical (unpaired) electrons. The van der Waals surface area contributed by atoms with E-state index in [9.17, 15) is 0 Å². The lowest BCUT2D eigenvalue weighted by atomic mass is 10.0. The summed E-state index contributed by atoms with van der Waals surface area (Å²) in [6.45, 7) is 4.59. The van der Waals surface area contributed by atoms with Crippen LogP contribution in [0.4, 0.5) is 0 Å². The van der Waals surface area contributed by atoms with E-state index in [1.807, 2.05) is 0 Å². The van der Waals surface area contributed by atoms with Crippen LogP contribution in [0.2, 0.25) is 0 Å². The second-order valence-corrected chi connectivity index (χ2v) is 10.9.